The van der Waals surface area contributed by atoms with E-state index in [9.17, 15) is 18.8 Å². The highest BCUT2D eigenvalue weighted by Gasteiger charge is 2.24. The summed E-state index contributed by atoms with van der Waals surface area (Å²) in [5.41, 5.74) is 0.329. The number of halogens is 1. The van der Waals surface area contributed by atoms with E-state index in [2.05, 4.69) is 10.1 Å². The van der Waals surface area contributed by atoms with Gasteiger partial charge in [0.2, 0.25) is 5.91 Å². The number of amides is 2. The summed E-state index contributed by atoms with van der Waals surface area (Å²) in [7, 11) is 1.28. The van der Waals surface area contributed by atoms with Crippen LogP contribution in [0.4, 0.5) is 4.39 Å². The van der Waals surface area contributed by atoms with Crippen LogP contribution in [0.1, 0.15) is 36.0 Å². The van der Waals surface area contributed by atoms with Gasteiger partial charge in [0.25, 0.3) is 5.91 Å². The van der Waals surface area contributed by atoms with E-state index in [-0.39, 0.29) is 30.7 Å². The SMILES string of the molecule is COC(=O)CCC(=O)NC1CCN(C(=O)c2cccc(F)c2)CC1. The third-order valence-electron chi connectivity index (χ3n) is 4.00. The zero-order valence-corrected chi connectivity index (χ0v) is 13.6. The molecule has 6 nitrogen and oxygen atoms in total. The highest BCUT2D eigenvalue weighted by molar-refractivity contribution is 5.94. The van der Waals surface area contributed by atoms with Crippen molar-refractivity contribution in [3.8, 4) is 0 Å². The summed E-state index contributed by atoms with van der Waals surface area (Å²) < 4.78 is 17.7. The molecule has 1 saturated heterocycles. The lowest BCUT2D eigenvalue weighted by atomic mass is 10.0. The summed E-state index contributed by atoms with van der Waals surface area (Å²) in [5, 5.41) is 2.86. The summed E-state index contributed by atoms with van der Waals surface area (Å²) in [6.07, 6.45) is 1.41. The minimum absolute atomic E-state index is 0.0216. The maximum absolute atomic E-state index is 13.2. The van der Waals surface area contributed by atoms with E-state index in [1.54, 1.807) is 11.0 Å². The minimum Gasteiger partial charge on any atom is -0.469 e. The Morgan fingerprint density at radius 1 is 1.25 bits per heavy atom. The molecule has 1 heterocycles. The Balaban J connectivity index is 1.78. The molecule has 1 aliphatic heterocycles. The molecule has 0 radical (unpaired) electrons. The molecule has 2 amide bonds. The second-order valence-electron chi connectivity index (χ2n) is 5.72. The lowest BCUT2D eigenvalue weighted by molar-refractivity contribution is -0.142. The molecule has 0 unspecified atom stereocenters. The van der Waals surface area contributed by atoms with Crippen molar-refractivity contribution in [1.82, 2.24) is 10.2 Å². The lowest BCUT2D eigenvalue weighted by Crippen LogP contribution is -2.46. The zero-order valence-electron chi connectivity index (χ0n) is 13.6. The smallest absolute Gasteiger partial charge is 0.306 e. The van der Waals surface area contributed by atoms with Gasteiger partial charge in [0.05, 0.1) is 13.5 Å². The maximum atomic E-state index is 13.2. The van der Waals surface area contributed by atoms with Crippen molar-refractivity contribution in [2.24, 2.45) is 0 Å². The normalized spacial score (nSPS) is 15.0. The molecule has 1 aliphatic rings. The number of likely N-dealkylation sites (tertiary alicyclic amines) is 1. The van der Waals surface area contributed by atoms with E-state index in [0.29, 0.717) is 31.5 Å². The Labute approximate surface area is 140 Å². The molecular weight excluding hydrogens is 315 g/mol. The fourth-order valence-corrected chi connectivity index (χ4v) is 2.65. The fraction of sp³-hybridized carbons (Fsp3) is 0.471. The average molecular weight is 336 g/mol. The van der Waals surface area contributed by atoms with Crippen molar-refractivity contribution in [1.29, 1.82) is 0 Å². The van der Waals surface area contributed by atoms with Crippen LogP contribution in [0, 0.1) is 5.82 Å². The Hall–Kier alpha value is -2.44. The van der Waals surface area contributed by atoms with Crippen molar-refractivity contribution >= 4 is 17.8 Å². The van der Waals surface area contributed by atoms with E-state index in [4.69, 9.17) is 0 Å². The summed E-state index contributed by atoms with van der Waals surface area (Å²) in [4.78, 5) is 36.7. The molecular formula is C17H21FN2O4. The van der Waals surface area contributed by atoms with Crippen molar-refractivity contribution in [2.45, 2.75) is 31.7 Å². The van der Waals surface area contributed by atoms with Gasteiger partial charge in [-0.1, -0.05) is 6.07 Å². The zero-order chi connectivity index (χ0) is 17.5. The van der Waals surface area contributed by atoms with Gasteiger partial charge in [-0.05, 0) is 31.0 Å². The monoisotopic (exact) mass is 336 g/mol. The number of nitrogens with one attached hydrogen (secondary N) is 1. The molecule has 0 aliphatic carbocycles. The second-order valence-corrected chi connectivity index (χ2v) is 5.72. The highest BCUT2D eigenvalue weighted by Crippen LogP contribution is 2.15. The summed E-state index contributed by atoms with van der Waals surface area (Å²) in [6.45, 7) is 0.995. The van der Waals surface area contributed by atoms with Crippen LogP contribution in [0.15, 0.2) is 24.3 Å². The standard InChI is InChI=1S/C17H21FN2O4/c1-24-16(22)6-5-15(21)19-14-7-9-20(10-8-14)17(23)12-3-2-4-13(18)11-12/h2-4,11,14H,5-10H2,1H3,(H,19,21). The third kappa shape index (κ3) is 5.04. The topological polar surface area (TPSA) is 75.7 Å². The molecule has 1 aromatic carbocycles. The van der Waals surface area contributed by atoms with Crippen LogP contribution < -0.4 is 5.32 Å². The average Bonchev–Trinajstić information content (AvgIpc) is 2.59. The molecule has 0 saturated carbocycles. The van der Waals surface area contributed by atoms with Crippen molar-refractivity contribution in [3.63, 3.8) is 0 Å². The maximum Gasteiger partial charge on any atom is 0.306 e. The van der Waals surface area contributed by atoms with E-state index in [0.717, 1.165) is 0 Å². The number of piperidine rings is 1. The number of carbonyl (C=O) groups is 3. The largest absolute Gasteiger partial charge is 0.469 e. The molecule has 0 atom stereocenters. The molecule has 130 valence electrons. The molecule has 1 fully saturated rings. The third-order valence-corrected chi connectivity index (χ3v) is 4.00. The first-order valence-corrected chi connectivity index (χ1v) is 7.90. The number of ether oxygens (including phenoxy) is 1. The Morgan fingerprint density at radius 3 is 2.58 bits per heavy atom. The minimum atomic E-state index is -0.436. The molecule has 1 aromatic rings. The van der Waals surface area contributed by atoms with Gasteiger partial charge in [0, 0.05) is 31.1 Å². The number of hydrogen-bond acceptors (Lipinski definition) is 4. The fourth-order valence-electron chi connectivity index (χ4n) is 2.65. The molecule has 24 heavy (non-hydrogen) atoms. The number of methoxy groups -OCH3 is 1. The van der Waals surface area contributed by atoms with Gasteiger partial charge in [-0.25, -0.2) is 4.39 Å². The predicted molar refractivity (Wildman–Crippen MR) is 84.7 cm³/mol. The summed E-state index contributed by atoms with van der Waals surface area (Å²) in [5.74, 6) is -1.26. The van der Waals surface area contributed by atoms with E-state index >= 15 is 0 Å². The van der Waals surface area contributed by atoms with Gasteiger partial charge in [-0.3, -0.25) is 14.4 Å². The van der Waals surface area contributed by atoms with Crippen molar-refractivity contribution in [2.75, 3.05) is 20.2 Å². The molecule has 0 bridgehead atoms. The number of hydrogen-bond donors (Lipinski definition) is 1. The van der Waals surface area contributed by atoms with Crippen LogP contribution in [0.2, 0.25) is 0 Å². The van der Waals surface area contributed by atoms with Gasteiger partial charge in [0.1, 0.15) is 5.82 Å². The first kappa shape index (κ1) is 17.9. The summed E-state index contributed by atoms with van der Waals surface area (Å²) in [6, 6.07) is 5.60. The molecule has 1 N–H and O–H groups in total. The predicted octanol–water partition coefficient (Wildman–Crippen LogP) is 1.50. The number of carbonyl (C=O) groups excluding carboxylic acids is 3. The van der Waals surface area contributed by atoms with Crippen LogP contribution in [-0.2, 0) is 14.3 Å². The molecule has 0 spiro atoms. The van der Waals surface area contributed by atoms with E-state index < -0.39 is 11.8 Å². The van der Waals surface area contributed by atoms with Gasteiger partial charge >= 0.3 is 5.97 Å². The second kappa shape index (κ2) is 8.42. The first-order chi connectivity index (χ1) is 11.5. The highest BCUT2D eigenvalue weighted by atomic mass is 19.1. The molecule has 0 aromatic heterocycles. The van der Waals surface area contributed by atoms with E-state index in [1.165, 1.54) is 25.3 Å². The molecule has 2 rings (SSSR count). The number of rotatable bonds is 5. The van der Waals surface area contributed by atoms with Crippen LogP contribution in [0.25, 0.3) is 0 Å². The van der Waals surface area contributed by atoms with Gasteiger partial charge < -0.3 is 15.0 Å². The first-order valence-electron chi connectivity index (χ1n) is 7.90. The van der Waals surface area contributed by atoms with Gasteiger partial charge in [-0.15, -0.1) is 0 Å². The molecule has 7 heteroatoms. The quantitative estimate of drug-likeness (QED) is 0.827. The Bertz CT molecular complexity index is 612. The Morgan fingerprint density at radius 2 is 1.96 bits per heavy atom. The van der Waals surface area contributed by atoms with Crippen molar-refractivity contribution in [3.05, 3.63) is 35.6 Å². The number of esters is 1. The van der Waals surface area contributed by atoms with Crippen LogP contribution in [0.3, 0.4) is 0 Å². The van der Waals surface area contributed by atoms with Gasteiger partial charge in [0.15, 0.2) is 0 Å². The van der Waals surface area contributed by atoms with Crippen LogP contribution >= 0.6 is 0 Å². The van der Waals surface area contributed by atoms with Gasteiger partial charge in [-0.2, -0.15) is 0 Å². The van der Waals surface area contributed by atoms with Crippen LogP contribution in [0.5, 0.6) is 0 Å². The summed E-state index contributed by atoms with van der Waals surface area (Å²) >= 11 is 0. The lowest BCUT2D eigenvalue weighted by Gasteiger charge is -2.32. The van der Waals surface area contributed by atoms with E-state index in [1.807, 2.05) is 0 Å². The number of benzene rings is 1. The Kier molecular flexibility index (Phi) is 6.28. The number of nitrogens with zero attached hydrogens (tertiary/aromatic N) is 1. The van der Waals surface area contributed by atoms with Crippen LogP contribution in [-0.4, -0.2) is 48.9 Å². The van der Waals surface area contributed by atoms with Crippen molar-refractivity contribution < 1.29 is 23.5 Å².